The van der Waals surface area contributed by atoms with Gasteiger partial charge in [0.2, 0.25) is 0 Å². The molecule has 0 radical (unpaired) electrons. The minimum absolute atomic E-state index is 0.918. The van der Waals surface area contributed by atoms with Crippen molar-refractivity contribution in [3.63, 3.8) is 0 Å². The zero-order valence-corrected chi connectivity index (χ0v) is 9.44. The second kappa shape index (κ2) is 4.07. The highest BCUT2D eigenvalue weighted by atomic mass is 79.9. The van der Waals surface area contributed by atoms with Crippen LogP contribution in [-0.2, 0) is 0 Å². The van der Waals surface area contributed by atoms with Crippen LogP contribution in [0.4, 0.5) is 0 Å². The van der Waals surface area contributed by atoms with Gasteiger partial charge >= 0.3 is 0 Å². The Morgan fingerprint density at radius 1 is 1.31 bits per heavy atom. The number of allylic oxidation sites excluding steroid dienone is 1. The van der Waals surface area contributed by atoms with E-state index < -0.39 is 0 Å². The summed E-state index contributed by atoms with van der Waals surface area (Å²) in [6, 6.07) is 10.7. The molecule has 0 saturated carbocycles. The summed E-state index contributed by atoms with van der Waals surface area (Å²) in [4.78, 5) is 1.32. The second-order valence-electron chi connectivity index (χ2n) is 2.74. The Morgan fingerprint density at radius 3 is 2.92 bits per heavy atom. The smallest absolute Gasteiger partial charge is 0.0349 e. The zero-order chi connectivity index (χ0) is 9.10. The minimum Gasteiger partial charge on any atom is -0.136 e. The molecule has 0 aliphatic rings. The van der Waals surface area contributed by atoms with Gasteiger partial charge in [0.25, 0.3) is 0 Å². The first kappa shape index (κ1) is 8.97. The van der Waals surface area contributed by atoms with Gasteiger partial charge in [-0.3, -0.25) is 0 Å². The van der Waals surface area contributed by atoms with Crippen LogP contribution in [0.5, 0.6) is 0 Å². The van der Waals surface area contributed by atoms with Crippen molar-refractivity contribution in [2.24, 2.45) is 0 Å². The summed E-state index contributed by atoms with van der Waals surface area (Å²) in [6.07, 6.45) is 4.27. The van der Waals surface area contributed by atoms with Crippen LogP contribution >= 0.6 is 27.3 Å². The molecule has 0 spiro atoms. The lowest BCUT2D eigenvalue weighted by molar-refractivity contribution is 1.83. The van der Waals surface area contributed by atoms with Crippen LogP contribution in [0.3, 0.4) is 0 Å². The number of thiophene rings is 1. The molecule has 0 atom stereocenters. The van der Waals surface area contributed by atoms with Gasteiger partial charge in [0, 0.05) is 14.9 Å². The van der Waals surface area contributed by atoms with Crippen molar-refractivity contribution < 1.29 is 0 Å². The van der Waals surface area contributed by atoms with Crippen LogP contribution < -0.4 is 0 Å². The Balaban J connectivity index is 2.44. The third-order valence-corrected chi connectivity index (χ3v) is 3.27. The highest BCUT2D eigenvalue weighted by Gasteiger charge is 1.96. The topological polar surface area (TPSA) is 0 Å². The predicted molar refractivity (Wildman–Crippen MR) is 64.7 cm³/mol. The second-order valence-corrected chi connectivity index (χ2v) is 4.51. The maximum Gasteiger partial charge on any atom is 0.0349 e. The Hall–Kier alpha value is -0.600. The van der Waals surface area contributed by atoms with Gasteiger partial charge in [-0.15, -0.1) is 11.3 Å². The number of benzene rings is 1. The maximum absolute atomic E-state index is 3.37. The lowest BCUT2D eigenvalue weighted by atomic mass is 10.2. The summed E-state index contributed by atoms with van der Waals surface area (Å²) in [5.41, 5.74) is 0. The average molecular weight is 253 g/mol. The van der Waals surface area contributed by atoms with E-state index >= 15 is 0 Å². The molecule has 0 aliphatic carbocycles. The van der Waals surface area contributed by atoms with Crippen LogP contribution in [0.1, 0.15) is 4.88 Å². The van der Waals surface area contributed by atoms with E-state index in [-0.39, 0.29) is 0 Å². The van der Waals surface area contributed by atoms with Gasteiger partial charge in [-0.05, 0) is 23.6 Å². The van der Waals surface area contributed by atoms with E-state index in [1.807, 2.05) is 11.3 Å². The number of hydrogen-bond donors (Lipinski definition) is 0. The van der Waals surface area contributed by atoms with Crippen molar-refractivity contribution >= 4 is 43.4 Å². The van der Waals surface area contributed by atoms with Gasteiger partial charge in [0.05, 0.1) is 0 Å². The Bertz CT molecular complexity index is 395. The molecule has 0 N–H and O–H groups in total. The van der Waals surface area contributed by atoms with E-state index in [4.69, 9.17) is 0 Å². The molecule has 2 heteroatoms. The molecule has 1 aromatic carbocycles. The summed E-state index contributed by atoms with van der Waals surface area (Å²) in [5.74, 6) is 0. The first-order valence-electron chi connectivity index (χ1n) is 4.11. The number of halogens is 1. The molecule has 13 heavy (non-hydrogen) atoms. The van der Waals surface area contributed by atoms with E-state index in [0.29, 0.717) is 0 Å². The SMILES string of the molecule is BrC/C=C/c1cc2ccccc2s1. The van der Waals surface area contributed by atoms with Gasteiger partial charge in [0.15, 0.2) is 0 Å². The molecule has 0 fully saturated rings. The molecule has 0 saturated heterocycles. The quantitative estimate of drug-likeness (QED) is 0.699. The predicted octanol–water partition coefficient (Wildman–Crippen LogP) is 4.31. The first-order valence-corrected chi connectivity index (χ1v) is 6.05. The molecule has 0 aliphatic heterocycles. The van der Waals surface area contributed by atoms with Gasteiger partial charge in [-0.2, -0.15) is 0 Å². The molecular weight excluding hydrogens is 244 g/mol. The van der Waals surface area contributed by atoms with Gasteiger partial charge in [0.1, 0.15) is 0 Å². The third kappa shape index (κ3) is 2.01. The highest BCUT2D eigenvalue weighted by Crippen LogP contribution is 2.25. The Morgan fingerprint density at radius 2 is 2.15 bits per heavy atom. The summed E-state index contributed by atoms with van der Waals surface area (Å²) in [5, 5.41) is 2.25. The largest absolute Gasteiger partial charge is 0.136 e. The Kier molecular flexibility index (Phi) is 2.81. The summed E-state index contributed by atoms with van der Waals surface area (Å²) in [7, 11) is 0. The van der Waals surface area contributed by atoms with E-state index in [1.165, 1.54) is 15.0 Å². The Labute approximate surface area is 90.0 Å². The zero-order valence-electron chi connectivity index (χ0n) is 7.03. The van der Waals surface area contributed by atoms with Crippen molar-refractivity contribution in [2.45, 2.75) is 0 Å². The fourth-order valence-corrected chi connectivity index (χ4v) is 2.43. The molecule has 1 aromatic heterocycles. The number of alkyl halides is 1. The first-order chi connectivity index (χ1) is 6.40. The monoisotopic (exact) mass is 252 g/mol. The van der Waals surface area contributed by atoms with Crippen LogP contribution in [-0.4, -0.2) is 5.33 Å². The standard InChI is InChI=1S/C11H9BrS/c12-7-3-5-10-8-9-4-1-2-6-11(9)13-10/h1-6,8H,7H2/b5-3+. The van der Waals surface area contributed by atoms with Crippen LogP contribution in [0.25, 0.3) is 16.2 Å². The van der Waals surface area contributed by atoms with Gasteiger partial charge in [-0.1, -0.05) is 40.2 Å². The molecule has 0 unspecified atom stereocenters. The maximum atomic E-state index is 3.37. The number of rotatable bonds is 2. The fraction of sp³-hybridized carbons (Fsp3) is 0.0909. The average Bonchev–Trinajstić information content (AvgIpc) is 2.57. The number of hydrogen-bond acceptors (Lipinski definition) is 1. The third-order valence-electron chi connectivity index (χ3n) is 1.82. The molecule has 2 rings (SSSR count). The van der Waals surface area contributed by atoms with Crippen LogP contribution in [0.15, 0.2) is 36.4 Å². The highest BCUT2D eigenvalue weighted by molar-refractivity contribution is 9.09. The number of fused-ring (bicyclic) bond motifs is 1. The van der Waals surface area contributed by atoms with E-state index in [2.05, 4.69) is 58.4 Å². The molecule has 66 valence electrons. The molecular formula is C11H9BrS. The molecule has 0 nitrogen and oxygen atoms in total. The fourth-order valence-electron chi connectivity index (χ4n) is 1.25. The van der Waals surface area contributed by atoms with Crippen molar-refractivity contribution in [1.29, 1.82) is 0 Å². The minimum atomic E-state index is 0.918. The molecule has 0 amide bonds. The van der Waals surface area contributed by atoms with Gasteiger partial charge < -0.3 is 0 Å². The van der Waals surface area contributed by atoms with Crippen LogP contribution in [0, 0.1) is 0 Å². The van der Waals surface area contributed by atoms with E-state index in [0.717, 1.165) is 5.33 Å². The molecule has 0 bridgehead atoms. The van der Waals surface area contributed by atoms with E-state index in [9.17, 15) is 0 Å². The van der Waals surface area contributed by atoms with E-state index in [1.54, 1.807) is 0 Å². The normalized spacial score (nSPS) is 11.5. The summed E-state index contributed by atoms with van der Waals surface area (Å²) >= 11 is 5.20. The van der Waals surface area contributed by atoms with Crippen molar-refractivity contribution in [1.82, 2.24) is 0 Å². The van der Waals surface area contributed by atoms with Crippen molar-refractivity contribution in [2.75, 3.05) is 5.33 Å². The molecule has 1 heterocycles. The van der Waals surface area contributed by atoms with Crippen molar-refractivity contribution in [3.8, 4) is 0 Å². The summed E-state index contributed by atoms with van der Waals surface area (Å²) in [6.45, 7) is 0. The lowest BCUT2D eigenvalue weighted by Crippen LogP contribution is -1.59. The van der Waals surface area contributed by atoms with Crippen molar-refractivity contribution in [3.05, 3.63) is 41.3 Å². The van der Waals surface area contributed by atoms with Crippen LogP contribution in [0.2, 0.25) is 0 Å². The van der Waals surface area contributed by atoms with Gasteiger partial charge in [-0.25, -0.2) is 0 Å². The summed E-state index contributed by atoms with van der Waals surface area (Å²) < 4.78 is 1.36. The lowest BCUT2D eigenvalue weighted by Gasteiger charge is -1.82. The molecule has 2 aromatic rings.